The molecule has 130 valence electrons. The van der Waals surface area contributed by atoms with Crippen molar-refractivity contribution < 1.29 is 4.57 Å². The van der Waals surface area contributed by atoms with Gasteiger partial charge >= 0.3 is 0 Å². The van der Waals surface area contributed by atoms with Crippen molar-refractivity contribution in [3.05, 3.63) is 72.3 Å². The predicted molar refractivity (Wildman–Crippen MR) is 116 cm³/mol. The number of pyridine rings is 1. The minimum Gasteiger partial charge on any atom is -0.194 e. The molecule has 1 heterocycles. The Labute approximate surface area is 156 Å². The molecule has 0 bridgehead atoms. The van der Waals surface area contributed by atoms with E-state index in [2.05, 4.69) is 105 Å². The molecule has 0 radical (unpaired) electrons. The van der Waals surface area contributed by atoms with E-state index in [4.69, 9.17) is 0 Å². The van der Waals surface area contributed by atoms with E-state index in [1.54, 1.807) is 0 Å². The van der Waals surface area contributed by atoms with E-state index in [1.165, 1.54) is 43.7 Å². The maximum atomic E-state index is 2.46. The van der Waals surface area contributed by atoms with Gasteiger partial charge in [-0.05, 0) is 34.5 Å². The highest BCUT2D eigenvalue weighted by molar-refractivity contribution is 6.90. The van der Waals surface area contributed by atoms with Gasteiger partial charge in [0.05, 0.1) is 13.6 Å². The number of para-hydroxylation sites is 1. The Morgan fingerprint density at radius 1 is 0.769 bits per heavy atom. The lowest BCUT2D eigenvalue weighted by atomic mass is 9.96. The van der Waals surface area contributed by atoms with Crippen LogP contribution in [0.3, 0.4) is 0 Å². The van der Waals surface area contributed by atoms with Crippen LogP contribution in [0, 0.1) is 6.92 Å². The summed E-state index contributed by atoms with van der Waals surface area (Å²) in [6.45, 7) is 9.54. The maximum absolute atomic E-state index is 2.46. The van der Waals surface area contributed by atoms with Gasteiger partial charge in [-0.2, -0.15) is 4.57 Å². The van der Waals surface area contributed by atoms with E-state index in [-0.39, 0.29) is 0 Å². The minimum atomic E-state index is -1.48. The van der Waals surface area contributed by atoms with Crippen molar-refractivity contribution >= 4 is 34.9 Å². The Morgan fingerprint density at radius 3 is 2.15 bits per heavy atom. The van der Waals surface area contributed by atoms with Crippen LogP contribution < -0.4 is 9.75 Å². The molecule has 0 atom stereocenters. The molecule has 26 heavy (non-hydrogen) atoms. The van der Waals surface area contributed by atoms with E-state index in [9.17, 15) is 0 Å². The highest BCUT2D eigenvalue weighted by Crippen LogP contribution is 2.31. The van der Waals surface area contributed by atoms with E-state index in [0.717, 1.165) is 0 Å². The summed E-state index contributed by atoms with van der Waals surface area (Å²) in [5.74, 6) is 0. The number of hydrogen-bond acceptors (Lipinski definition) is 0. The first-order chi connectivity index (χ1) is 12.4. The third kappa shape index (κ3) is 2.65. The summed E-state index contributed by atoms with van der Waals surface area (Å²) >= 11 is 0. The first-order valence-corrected chi connectivity index (χ1v) is 12.8. The van der Waals surface area contributed by atoms with Crippen molar-refractivity contribution in [1.82, 2.24) is 0 Å². The van der Waals surface area contributed by atoms with Gasteiger partial charge in [0.25, 0.3) is 0 Å². The summed E-state index contributed by atoms with van der Waals surface area (Å²) in [7, 11) is 0.718. The van der Waals surface area contributed by atoms with Crippen LogP contribution in [0.4, 0.5) is 0 Å². The lowest BCUT2D eigenvalue weighted by Gasteiger charge is -2.20. The Hall–Kier alpha value is -2.45. The van der Waals surface area contributed by atoms with E-state index in [1.807, 2.05) is 0 Å². The van der Waals surface area contributed by atoms with E-state index < -0.39 is 8.07 Å². The second-order valence-electron chi connectivity index (χ2n) is 8.25. The Bertz CT molecular complexity index is 1140. The molecule has 0 aliphatic heterocycles. The van der Waals surface area contributed by atoms with Gasteiger partial charge in [0, 0.05) is 17.5 Å². The lowest BCUT2D eigenvalue weighted by Crippen LogP contribution is -2.43. The van der Waals surface area contributed by atoms with Crippen LogP contribution in [0.15, 0.2) is 66.7 Å². The van der Waals surface area contributed by atoms with Crippen molar-refractivity contribution in [2.45, 2.75) is 26.6 Å². The molecule has 0 unspecified atom stereocenters. The minimum absolute atomic E-state index is 1.30. The van der Waals surface area contributed by atoms with Gasteiger partial charge in [0.15, 0.2) is 0 Å². The second kappa shape index (κ2) is 6.06. The molecule has 1 nitrogen and oxygen atoms in total. The molecule has 3 aromatic carbocycles. The molecule has 0 N–H and O–H groups in total. The van der Waals surface area contributed by atoms with Crippen LogP contribution in [-0.4, -0.2) is 8.07 Å². The molecule has 0 saturated heterocycles. The normalized spacial score (nSPS) is 12.0. The number of hydrogen-bond donors (Lipinski definition) is 0. The van der Waals surface area contributed by atoms with Crippen LogP contribution in [-0.2, 0) is 7.05 Å². The smallest absolute Gasteiger partial charge is 0.194 e. The van der Waals surface area contributed by atoms with Gasteiger partial charge in [-0.15, -0.1) is 0 Å². The van der Waals surface area contributed by atoms with Crippen molar-refractivity contribution in [3.63, 3.8) is 0 Å². The largest absolute Gasteiger partial charge is 0.213 e. The van der Waals surface area contributed by atoms with Crippen molar-refractivity contribution in [2.24, 2.45) is 7.05 Å². The molecule has 0 aliphatic rings. The number of aromatic nitrogens is 1. The monoisotopic (exact) mass is 356 g/mol. The van der Waals surface area contributed by atoms with Crippen molar-refractivity contribution in [2.75, 3.05) is 0 Å². The fourth-order valence-electron chi connectivity index (χ4n) is 4.02. The number of benzene rings is 3. The van der Waals surface area contributed by atoms with Gasteiger partial charge in [-0.25, -0.2) is 0 Å². The Morgan fingerprint density at radius 2 is 1.42 bits per heavy atom. The quantitative estimate of drug-likeness (QED) is 0.337. The maximum Gasteiger partial charge on any atom is 0.213 e. The number of rotatable bonds is 2. The summed E-state index contributed by atoms with van der Waals surface area (Å²) in [4.78, 5) is 0. The summed E-state index contributed by atoms with van der Waals surface area (Å²) in [6, 6.07) is 24.5. The van der Waals surface area contributed by atoms with Gasteiger partial charge in [-0.1, -0.05) is 68.2 Å². The molecule has 0 saturated carbocycles. The molecular weight excluding hydrogens is 330 g/mol. The molecule has 2 heteroatoms. The van der Waals surface area contributed by atoms with Crippen molar-refractivity contribution in [1.29, 1.82) is 0 Å². The number of nitrogens with zero attached hydrogens (tertiary/aromatic N) is 1. The molecule has 4 aromatic rings. The zero-order chi connectivity index (χ0) is 18.5. The van der Waals surface area contributed by atoms with Crippen LogP contribution in [0.2, 0.25) is 19.6 Å². The SMILES string of the molecule is Cc1ccc2ccccc2c1-c1cc([Si](C)(C)C)c2ccccc2[n+]1C. The molecule has 0 spiro atoms. The number of aryl methyl sites for hydroxylation is 2. The van der Waals surface area contributed by atoms with Gasteiger partial charge in [-0.3, -0.25) is 0 Å². The fourth-order valence-corrected chi connectivity index (χ4v) is 5.61. The molecule has 1 aromatic heterocycles. The van der Waals surface area contributed by atoms with E-state index in [0.29, 0.717) is 0 Å². The van der Waals surface area contributed by atoms with Crippen LogP contribution in [0.25, 0.3) is 32.9 Å². The van der Waals surface area contributed by atoms with Gasteiger partial charge in [0.1, 0.15) is 7.05 Å². The lowest BCUT2D eigenvalue weighted by molar-refractivity contribution is -0.633. The third-order valence-corrected chi connectivity index (χ3v) is 7.43. The van der Waals surface area contributed by atoms with Gasteiger partial charge in [0.2, 0.25) is 11.2 Å². The predicted octanol–water partition coefficient (Wildman–Crippen LogP) is 5.34. The average Bonchev–Trinajstić information content (AvgIpc) is 2.62. The molecular formula is C24H26NSi+. The van der Waals surface area contributed by atoms with Crippen LogP contribution in [0.5, 0.6) is 0 Å². The molecule has 4 rings (SSSR count). The summed E-state index contributed by atoms with van der Waals surface area (Å²) in [5, 5.41) is 5.57. The first-order valence-electron chi connectivity index (χ1n) is 9.29. The Balaban J connectivity index is 2.18. The van der Waals surface area contributed by atoms with Crippen LogP contribution in [0.1, 0.15) is 5.56 Å². The zero-order valence-corrected chi connectivity index (χ0v) is 17.3. The summed E-state index contributed by atoms with van der Waals surface area (Å²) in [5.41, 5.74) is 5.32. The Kier molecular flexibility index (Phi) is 3.96. The molecule has 0 fully saturated rings. The van der Waals surface area contributed by atoms with E-state index >= 15 is 0 Å². The van der Waals surface area contributed by atoms with Gasteiger partial charge < -0.3 is 0 Å². The average molecular weight is 357 g/mol. The molecule has 0 aliphatic carbocycles. The number of fused-ring (bicyclic) bond motifs is 2. The fraction of sp³-hybridized carbons (Fsp3) is 0.208. The molecule has 0 amide bonds. The van der Waals surface area contributed by atoms with Crippen molar-refractivity contribution in [3.8, 4) is 11.3 Å². The summed E-state index contributed by atoms with van der Waals surface area (Å²) in [6.07, 6.45) is 0. The third-order valence-electron chi connectivity index (χ3n) is 5.40. The topological polar surface area (TPSA) is 3.88 Å². The zero-order valence-electron chi connectivity index (χ0n) is 16.3. The highest BCUT2D eigenvalue weighted by atomic mass is 28.3. The highest BCUT2D eigenvalue weighted by Gasteiger charge is 2.27. The first kappa shape index (κ1) is 17.0. The second-order valence-corrected chi connectivity index (χ2v) is 13.3. The summed E-state index contributed by atoms with van der Waals surface area (Å²) < 4.78 is 2.37. The standard InChI is InChI=1S/C24H26NSi/c1-17-14-15-18-10-6-7-11-19(18)24(17)22-16-23(26(3,4)5)20-12-8-9-13-21(20)25(22)2/h6-16H,1-5H3/q+1. The van der Waals surface area contributed by atoms with Crippen LogP contribution >= 0.6 is 0 Å².